The van der Waals surface area contributed by atoms with E-state index >= 15 is 0 Å². The molecule has 88 valence electrons. The summed E-state index contributed by atoms with van der Waals surface area (Å²) in [6.45, 7) is 0.956. The third-order valence-corrected chi connectivity index (χ3v) is 2.66. The molecular formula is C13H12BrNO2. The number of hydrogen-bond acceptors (Lipinski definition) is 3. The summed E-state index contributed by atoms with van der Waals surface area (Å²) in [4.78, 5) is 4.10. The van der Waals surface area contributed by atoms with Gasteiger partial charge in [-0.2, -0.15) is 0 Å². The van der Waals surface area contributed by atoms with Crippen molar-refractivity contribution in [2.75, 3.05) is 13.2 Å². The van der Waals surface area contributed by atoms with Crippen LogP contribution in [0.25, 0.3) is 0 Å². The van der Waals surface area contributed by atoms with E-state index < -0.39 is 0 Å². The zero-order valence-corrected chi connectivity index (χ0v) is 10.8. The summed E-state index contributed by atoms with van der Waals surface area (Å²) in [6.07, 6.45) is 1.69. The minimum atomic E-state index is 0.463. The predicted octanol–water partition coefficient (Wildman–Crippen LogP) is 3.30. The zero-order chi connectivity index (χ0) is 11.9. The summed E-state index contributed by atoms with van der Waals surface area (Å²) in [7, 11) is 0. The second-order valence-electron chi connectivity index (χ2n) is 3.30. The molecule has 0 amide bonds. The minimum absolute atomic E-state index is 0.463. The molecule has 0 radical (unpaired) electrons. The Morgan fingerprint density at radius 2 is 1.71 bits per heavy atom. The highest BCUT2D eigenvalue weighted by Crippen LogP contribution is 2.20. The summed E-state index contributed by atoms with van der Waals surface area (Å²) in [5, 5.41) is 0. The molecule has 0 aliphatic heterocycles. The van der Waals surface area contributed by atoms with E-state index in [4.69, 9.17) is 9.47 Å². The Balaban J connectivity index is 1.76. The monoisotopic (exact) mass is 293 g/mol. The third kappa shape index (κ3) is 3.75. The summed E-state index contributed by atoms with van der Waals surface area (Å²) in [6, 6.07) is 13.4. The van der Waals surface area contributed by atoms with Crippen molar-refractivity contribution >= 4 is 15.9 Å². The molecule has 17 heavy (non-hydrogen) atoms. The number of rotatable bonds is 5. The lowest BCUT2D eigenvalue weighted by Crippen LogP contribution is -2.09. The quantitative estimate of drug-likeness (QED) is 0.793. The van der Waals surface area contributed by atoms with Crippen molar-refractivity contribution in [3.8, 4) is 11.6 Å². The van der Waals surface area contributed by atoms with Crippen LogP contribution in [0.5, 0.6) is 11.6 Å². The van der Waals surface area contributed by atoms with Crippen molar-refractivity contribution in [3.05, 3.63) is 53.1 Å². The van der Waals surface area contributed by atoms with E-state index in [0.717, 1.165) is 10.2 Å². The van der Waals surface area contributed by atoms with E-state index in [-0.39, 0.29) is 0 Å². The Bertz CT molecular complexity index is 462. The molecule has 1 aromatic heterocycles. The molecule has 0 aliphatic carbocycles. The summed E-state index contributed by atoms with van der Waals surface area (Å²) < 4.78 is 11.8. The fourth-order valence-corrected chi connectivity index (χ4v) is 1.66. The highest BCUT2D eigenvalue weighted by molar-refractivity contribution is 9.10. The van der Waals surface area contributed by atoms with Gasteiger partial charge < -0.3 is 9.47 Å². The Kier molecular flexibility index (Phi) is 4.38. The molecule has 4 heteroatoms. The molecule has 0 spiro atoms. The van der Waals surface area contributed by atoms with Gasteiger partial charge in [0.2, 0.25) is 5.88 Å². The maximum absolute atomic E-state index is 5.50. The second kappa shape index (κ2) is 6.25. The fourth-order valence-electron chi connectivity index (χ4n) is 1.29. The van der Waals surface area contributed by atoms with Gasteiger partial charge in [0, 0.05) is 6.20 Å². The van der Waals surface area contributed by atoms with E-state index in [1.165, 1.54) is 0 Å². The van der Waals surface area contributed by atoms with Gasteiger partial charge in [-0.05, 0) is 40.2 Å². The minimum Gasteiger partial charge on any atom is -0.490 e. The van der Waals surface area contributed by atoms with Crippen LogP contribution in [0.4, 0.5) is 0 Å². The van der Waals surface area contributed by atoms with Gasteiger partial charge in [0.1, 0.15) is 19.0 Å². The molecule has 2 rings (SSSR count). The van der Waals surface area contributed by atoms with Crippen molar-refractivity contribution < 1.29 is 9.47 Å². The van der Waals surface area contributed by atoms with E-state index in [9.17, 15) is 0 Å². The van der Waals surface area contributed by atoms with Gasteiger partial charge in [0.05, 0.1) is 4.47 Å². The summed E-state index contributed by atoms with van der Waals surface area (Å²) in [5.74, 6) is 1.43. The first-order valence-corrected chi connectivity index (χ1v) is 6.07. The number of hydrogen-bond donors (Lipinski definition) is 0. The lowest BCUT2D eigenvalue weighted by Gasteiger charge is -2.08. The molecule has 0 atom stereocenters. The predicted molar refractivity (Wildman–Crippen MR) is 69.4 cm³/mol. The smallest absolute Gasteiger partial charge is 0.228 e. The van der Waals surface area contributed by atoms with E-state index in [1.54, 1.807) is 6.20 Å². The average molecular weight is 294 g/mol. The highest BCUT2D eigenvalue weighted by atomic mass is 79.9. The van der Waals surface area contributed by atoms with Crippen LogP contribution in [0.2, 0.25) is 0 Å². The van der Waals surface area contributed by atoms with Gasteiger partial charge in [-0.3, -0.25) is 0 Å². The standard InChI is InChI=1S/C13H12BrNO2/c14-12-7-4-8-15-13(12)17-10-9-16-11-5-2-1-3-6-11/h1-8H,9-10H2. The lowest BCUT2D eigenvalue weighted by molar-refractivity contribution is 0.211. The van der Waals surface area contributed by atoms with Crippen LogP contribution in [-0.4, -0.2) is 18.2 Å². The first kappa shape index (κ1) is 11.9. The van der Waals surface area contributed by atoms with Crippen LogP contribution in [0.3, 0.4) is 0 Å². The molecule has 0 aliphatic rings. The molecule has 1 aromatic carbocycles. The molecule has 0 N–H and O–H groups in total. The first-order chi connectivity index (χ1) is 8.36. The molecule has 3 nitrogen and oxygen atoms in total. The fraction of sp³-hybridized carbons (Fsp3) is 0.154. The van der Waals surface area contributed by atoms with E-state index in [2.05, 4.69) is 20.9 Å². The lowest BCUT2D eigenvalue weighted by atomic mass is 10.3. The maximum Gasteiger partial charge on any atom is 0.228 e. The largest absolute Gasteiger partial charge is 0.490 e. The van der Waals surface area contributed by atoms with Crippen molar-refractivity contribution in [1.29, 1.82) is 0 Å². The Labute approximate surface area is 109 Å². The van der Waals surface area contributed by atoms with Crippen molar-refractivity contribution in [1.82, 2.24) is 4.98 Å². The number of halogens is 1. The molecule has 0 fully saturated rings. The summed E-state index contributed by atoms with van der Waals surface area (Å²) >= 11 is 3.36. The Morgan fingerprint density at radius 3 is 2.47 bits per heavy atom. The number of benzene rings is 1. The van der Waals surface area contributed by atoms with Gasteiger partial charge in [-0.1, -0.05) is 18.2 Å². The van der Waals surface area contributed by atoms with Crippen LogP contribution >= 0.6 is 15.9 Å². The van der Waals surface area contributed by atoms with Crippen molar-refractivity contribution in [2.24, 2.45) is 0 Å². The van der Waals surface area contributed by atoms with Crippen LogP contribution in [0.15, 0.2) is 53.1 Å². The van der Waals surface area contributed by atoms with Crippen LogP contribution in [0.1, 0.15) is 0 Å². The molecule has 0 saturated heterocycles. The van der Waals surface area contributed by atoms with Crippen molar-refractivity contribution in [2.45, 2.75) is 0 Å². The molecular weight excluding hydrogens is 282 g/mol. The van der Waals surface area contributed by atoms with Crippen molar-refractivity contribution in [3.63, 3.8) is 0 Å². The zero-order valence-electron chi connectivity index (χ0n) is 9.17. The van der Waals surface area contributed by atoms with Gasteiger partial charge in [-0.25, -0.2) is 4.98 Å². The SMILES string of the molecule is Brc1cccnc1OCCOc1ccccc1. The summed E-state index contributed by atoms with van der Waals surface area (Å²) in [5.41, 5.74) is 0. The van der Waals surface area contributed by atoms with E-state index in [0.29, 0.717) is 19.1 Å². The van der Waals surface area contributed by atoms with E-state index in [1.807, 2.05) is 42.5 Å². The molecule has 1 heterocycles. The second-order valence-corrected chi connectivity index (χ2v) is 4.15. The molecule has 0 bridgehead atoms. The number of para-hydroxylation sites is 1. The number of ether oxygens (including phenoxy) is 2. The van der Waals surface area contributed by atoms with Crippen LogP contribution < -0.4 is 9.47 Å². The molecule has 0 saturated carbocycles. The maximum atomic E-state index is 5.50. The molecule has 2 aromatic rings. The first-order valence-electron chi connectivity index (χ1n) is 5.27. The average Bonchev–Trinajstić information content (AvgIpc) is 2.38. The normalized spacial score (nSPS) is 9.94. The van der Waals surface area contributed by atoms with Crippen LogP contribution in [-0.2, 0) is 0 Å². The highest BCUT2D eigenvalue weighted by Gasteiger charge is 2.00. The van der Waals surface area contributed by atoms with Crippen LogP contribution in [0, 0.1) is 0 Å². The van der Waals surface area contributed by atoms with Gasteiger partial charge in [0.25, 0.3) is 0 Å². The Hall–Kier alpha value is -1.55. The number of pyridine rings is 1. The number of aromatic nitrogens is 1. The van der Waals surface area contributed by atoms with Gasteiger partial charge >= 0.3 is 0 Å². The Morgan fingerprint density at radius 1 is 0.941 bits per heavy atom. The third-order valence-electron chi connectivity index (χ3n) is 2.06. The topological polar surface area (TPSA) is 31.4 Å². The molecule has 0 unspecified atom stereocenters. The number of nitrogens with zero attached hydrogens (tertiary/aromatic N) is 1. The van der Waals surface area contributed by atoms with Gasteiger partial charge in [-0.15, -0.1) is 0 Å². The van der Waals surface area contributed by atoms with Gasteiger partial charge in [0.15, 0.2) is 0 Å².